The van der Waals surface area contributed by atoms with Crippen molar-refractivity contribution in [3.8, 4) is 0 Å². The van der Waals surface area contributed by atoms with Crippen LogP contribution in [0.4, 0.5) is 0 Å². The molecule has 0 bridgehead atoms. The molecule has 0 unspecified atom stereocenters. The van der Waals surface area contributed by atoms with Crippen molar-refractivity contribution in [2.75, 3.05) is 6.61 Å². The average molecular weight is 394 g/mol. The molecular weight excluding hydrogens is 364 g/mol. The number of ketones is 2. The van der Waals surface area contributed by atoms with E-state index >= 15 is 0 Å². The Morgan fingerprint density at radius 2 is 2.00 bits per heavy atom. The maximum Gasteiger partial charge on any atom is 0.193 e. The first kappa shape index (κ1) is 20.2. The summed E-state index contributed by atoms with van der Waals surface area (Å²) in [5, 5.41) is 33.8. The Morgan fingerprint density at radius 3 is 2.68 bits per heavy atom. The van der Waals surface area contributed by atoms with Gasteiger partial charge in [-0.2, -0.15) is 4.89 Å². The lowest BCUT2D eigenvalue weighted by molar-refractivity contribution is -0.528. The third kappa shape index (κ3) is 2.46. The molecule has 3 fully saturated rings. The summed E-state index contributed by atoms with van der Waals surface area (Å²) in [6.45, 7) is 3.37. The van der Waals surface area contributed by atoms with E-state index in [-0.39, 0.29) is 29.0 Å². The second kappa shape index (κ2) is 6.71. The fourth-order valence-electron chi connectivity index (χ4n) is 7.51. The van der Waals surface area contributed by atoms with E-state index in [0.29, 0.717) is 25.7 Å². The van der Waals surface area contributed by atoms with Crippen molar-refractivity contribution in [2.24, 2.45) is 28.6 Å². The van der Waals surface area contributed by atoms with Crippen LogP contribution in [0.1, 0.15) is 58.8 Å². The molecule has 4 rings (SSSR count). The number of carbonyl (C=O) groups excluding carboxylic acids is 2. The third-order valence-electron chi connectivity index (χ3n) is 8.79. The maximum absolute atomic E-state index is 12.7. The summed E-state index contributed by atoms with van der Waals surface area (Å²) < 4.78 is 0. The normalized spacial score (nSPS) is 47.8. The van der Waals surface area contributed by atoms with Crippen LogP contribution in [0.5, 0.6) is 0 Å². The molecule has 28 heavy (non-hydrogen) atoms. The smallest absolute Gasteiger partial charge is 0.193 e. The minimum absolute atomic E-state index is 0.0220. The molecule has 0 aromatic rings. The summed E-state index contributed by atoms with van der Waals surface area (Å²) in [5.74, 6) is -0.0536. The van der Waals surface area contributed by atoms with E-state index in [1.165, 1.54) is 0 Å². The number of aliphatic hydroxyl groups is 2. The van der Waals surface area contributed by atoms with E-state index in [2.05, 4.69) is 12.0 Å². The first-order chi connectivity index (χ1) is 13.2. The molecule has 4 aliphatic carbocycles. The average Bonchev–Trinajstić information content (AvgIpc) is 2.94. The molecule has 0 amide bonds. The molecule has 3 N–H and O–H groups in total. The number of hydrogen-bond donors (Lipinski definition) is 3. The molecule has 4 aliphatic rings. The van der Waals surface area contributed by atoms with Gasteiger partial charge in [-0.25, -0.2) is 5.26 Å². The van der Waals surface area contributed by atoms with Gasteiger partial charge in [-0.05, 0) is 67.8 Å². The van der Waals surface area contributed by atoms with Gasteiger partial charge in [0.1, 0.15) is 6.61 Å². The predicted molar refractivity (Wildman–Crippen MR) is 97.7 cm³/mol. The van der Waals surface area contributed by atoms with E-state index in [1.54, 1.807) is 6.08 Å². The monoisotopic (exact) mass is 394 g/mol. The molecule has 7 atom stereocenters. The molecule has 0 aromatic heterocycles. The van der Waals surface area contributed by atoms with Gasteiger partial charge in [-0.1, -0.05) is 24.5 Å². The van der Waals surface area contributed by atoms with Crippen LogP contribution in [0.3, 0.4) is 0 Å². The van der Waals surface area contributed by atoms with Gasteiger partial charge in [-0.3, -0.25) is 9.59 Å². The first-order valence-corrected chi connectivity index (χ1v) is 10.3. The molecule has 0 aliphatic heterocycles. The van der Waals surface area contributed by atoms with Crippen LogP contribution in [0.15, 0.2) is 11.6 Å². The van der Waals surface area contributed by atoms with E-state index in [9.17, 15) is 19.8 Å². The molecule has 156 valence electrons. The maximum atomic E-state index is 12.7. The SMILES string of the molecule is C[C@]12CCC(=O)C=C1CC[C@@H]1[C@@H]2[C@@H](O)C[C@@]2(C)[C@H]1CC[C@]2(OOO)C(=O)CO. The largest absolute Gasteiger partial charge is 0.393 e. The Balaban J connectivity index is 1.74. The summed E-state index contributed by atoms with van der Waals surface area (Å²) in [4.78, 5) is 29.8. The highest BCUT2D eigenvalue weighted by Crippen LogP contribution is 2.68. The van der Waals surface area contributed by atoms with Crippen molar-refractivity contribution in [2.45, 2.75) is 70.5 Å². The molecule has 0 spiro atoms. The van der Waals surface area contributed by atoms with Crippen molar-refractivity contribution in [1.82, 2.24) is 0 Å². The quantitative estimate of drug-likeness (QED) is 0.495. The summed E-state index contributed by atoms with van der Waals surface area (Å²) in [6.07, 6.45) is 5.40. The van der Waals surface area contributed by atoms with Crippen LogP contribution >= 0.6 is 0 Å². The van der Waals surface area contributed by atoms with Gasteiger partial charge in [0.2, 0.25) is 0 Å². The topological polar surface area (TPSA) is 113 Å². The molecule has 0 radical (unpaired) electrons. The van der Waals surface area contributed by atoms with E-state index in [0.717, 1.165) is 24.8 Å². The van der Waals surface area contributed by atoms with Crippen LogP contribution < -0.4 is 0 Å². The van der Waals surface area contributed by atoms with Crippen LogP contribution in [0.2, 0.25) is 0 Å². The number of hydrogen-bond acceptors (Lipinski definition) is 7. The Kier molecular flexibility index (Phi) is 4.83. The Labute approximate surface area is 164 Å². The van der Waals surface area contributed by atoms with Gasteiger partial charge in [0.05, 0.1) is 6.10 Å². The predicted octanol–water partition coefficient (Wildman–Crippen LogP) is 2.21. The van der Waals surface area contributed by atoms with Crippen molar-refractivity contribution in [1.29, 1.82) is 0 Å². The lowest BCUT2D eigenvalue weighted by Crippen LogP contribution is -2.62. The van der Waals surface area contributed by atoms with Gasteiger partial charge >= 0.3 is 0 Å². The lowest BCUT2D eigenvalue weighted by Gasteiger charge is -2.60. The summed E-state index contributed by atoms with van der Waals surface area (Å²) in [6, 6.07) is 0. The summed E-state index contributed by atoms with van der Waals surface area (Å²) in [7, 11) is 0. The molecule has 7 heteroatoms. The molecular formula is C21H30O7. The fraction of sp³-hybridized carbons (Fsp3) is 0.810. The third-order valence-corrected chi connectivity index (χ3v) is 8.79. The van der Waals surface area contributed by atoms with Crippen LogP contribution in [-0.4, -0.2) is 45.3 Å². The van der Waals surface area contributed by atoms with E-state index in [1.807, 2.05) is 6.92 Å². The number of rotatable bonds is 4. The Hall–Kier alpha value is -1.12. The van der Waals surface area contributed by atoms with E-state index in [4.69, 9.17) is 10.1 Å². The summed E-state index contributed by atoms with van der Waals surface area (Å²) in [5.41, 5.74) is -1.28. The standard InChI is InChI=1S/C21H30O7/c1-19-7-5-13(23)9-12(19)3-4-14-15-6-8-21(27-28-26,17(25)11-22)20(15,2)10-16(24)18(14)19/h9,14-16,18,22,24,26H,3-8,10-11H2,1-2H3/t14-,15-,16-,18+,19-,20-,21-/m0/s1. The van der Waals surface area contributed by atoms with Gasteiger partial charge in [-0.15, -0.1) is 0 Å². The van der Waals surface area contributed by atoms with Crippen molar-refractivity contribution in [3.05, 3.63) is 11.6 Å². The highest BCUT2D eigenvalue weighted by molar-refractivity contribution is 5.92. The second-order valence-corrected chi connectivity index (χ2v) is 9.68. The highest BCUT2D eigenvalue weighted by atomic mass is 17.5. The highest BCUT2D eigenvalue weighted by Gasteiger charge is 2.70. The number of carbonyl (C=O) groups is 2. The van der Waals surface area contributed by atoms with Gasteiger partial charge in [0, 0.05) is 11.8 Å². The molecule has 3 saturated carbocycles. The first-order valence-electron chi connectivity index (χ1n) is 10.3. The van der Waals surface area contributed by atoms with Crippen LogP contribution in [0, 0.1) is 28.6 Å². The molecule has 7 nitrogen and oxygen atoms in total. The zero-order valence-corrected chi connectivity index (χ0v) is 16.5. The fourth-order valence-corrected chi connectivity index (χ4v) is 7.51. The molecule has 0 heterocycles. The Bertz CT molecular complexity index is 718. The number of aliphatic hydroxyl groups excluding tert-OH is 2. The molecule has 0 aromatic carbocycles. The number of fused-ring (bicyclic) bond motifs is 5. The minimum atomic E-state index is -1.47. The van der Waals surface area contributed by atoms with Crippen molar-refractivity contribution < 1.29 is 35.0 Å². The molecule has 0 saturated heterocycles. The number of Topliss-reactive ketones (excluding diaryl/α,β-unsaturated/α-hetero) is 1. The van der Waals surface area contributed by atoms with Gasteiger partial charge < -0.3 is 10.2 Å². The number of allylic oxidation sites excluding steroid dienone is 1. The van der Waals surface area contributed by atoms with Crippen molar-refractivity contribution >= 4 is 11.6 Å². The minimum Gasteiger partial charge on any atom is -0.393 e. The summed E-state index contributed by atoms with van der Waals surface area (Å²) >= 11 is 0. The zero-order chi connectivity index (χ0) is 20.3. The Morgan fingerprint density at radius 1 is 1.25 bits per heavy atom. The van der Waals surface area contributed by atoms with Crippen molar-refractivity contribution in [3.63, 3.8) is 0 Å². The van der Waals surface area contributed by atoms with E-state index < -0.39 is 29.5 Å². The van der Waals surface area contributed by atoms with Crippen LogP contribution in [-0.2, 0) is 19.5 Å². The van der Waals surface area contributed by atoms with Gasteiger partial charge in [0.15, 0.2) is 17.2 Å². The van der Waals surface area contributed by atoms with Crippen LogP contribution in [0.25, 0.3) is 0 Å². The van der Waals surface area contributed by atoms with Gasteiger partial charge in [0.25, 0.3) is 0 Å². The second-order valence-electron chi connectivity index (χ2n) is 9.68. The zero-order valence-electron chi connectivity index (χ0n) is 16.5. The lowest BCUT2D eigenvalue weighted by atomic mass is 9.45.